The van der Waals surface area contributed by atoms with Gasteiger partial charge < -0.3 is 9.13 Å². The van der Waals surface area contributed by atoms with Crippen molar-refractivity contribution in [3.63, 3.8) is 0 Å². The van der Waals surface area contributed by atoms with Crippen molar-refractivity contribution >= 4 is 54.4 Å². The van der Waals surface area contributed by atoms with Gasteiger partial charge in [-0.2, -0.15) is 0 Å². The molecule has 54 heavy (non-hydrogen) atoms. The molecular formula is C51H31N3. The van der Waals surface area contributed by atoms with Crippen LogP contribution >= 0.6 is 0 Å². The topological polar surface area (TPSA) is 22.8 Å². The van der Waals surface area contributed by atoms with E-state index in [4.69, 9.17) is 0 Å². The van der Waals surface area contributed by atoms with Crippen LogP contribution in [0.3, 0.4) is 0 Å². The van der Waals surface area contributed by atoms with Gasteiger partial charge in [0.2, 0.25) is 0 Å². The Hall–Kier alpha value is -7.23. The smallest absolute Gasteiger partial charge is 0.0541 e. The molecule has 0 unspecified atom stereocenters. The van der Waals surface area contributed by atoms with Crippen molar-refractivity contribution in [1.82, 2.24) is 14.1 Å². The fourth-order valence-corrected chi connectivity index (χ4v) is 9.12. The fraction of sp³-hybridized carbons (Fsp3) is 0. The number of para-hydroxylation sites is 2. The Morgan fingerprint density at radius 1 is 0.315 bits per heavy atom. The molecule has 0 bridgehead atoms. The van der Waals surface area contributed by atoms with Crippen molar-refractivity contribution in [3.05, 3.63) is 188 Å². The van der Waals surface area contributed by atoms with Gasteiger partial charge in [-0.15, -0.1) is 0 Å². The summed E-state index contributed by atoms with van der Waals surface area (Å²) in [7, 11) is 0. The maximum Gasteiger partial charge on any atom is 0.0541 e. The number of nitrogens with zero attached hydrogens (tertiary/aromatic N) is 3. The van der Waals surface area contributed by atoms with Gasteiger partial charge in [-0.05, 0) is 99.6 Å². The SMILES string of the molecule is c1ccc(-c2cccc(-n3c4ccccc4c4cc(-c5ccc6c(c5)c5ccccc5n6-c5cc6c7c(cncc7c5)-c5ccccc5-6)ccc43)c2)cc1. The molecule has 0 saturated heterocycles. The summed E-state index contributed by atoms with van der Waals surface area (Å²) in [4.78, 5) is 4.67. The van der Waals surface area contributed by atoms with Gasteiger partial charge in [0.1, 0.15) is 0 Å². The first-order valence-electron chi connectivity index (χ1n) is 18.5. The number of hydrogen-bond donors (Lipinski definition) is 0. The van der Waals surface area contributed by atoms with Crippen LogP contribution in [0.4, 0.5) is 0 Å². The standard InChI is InChI=1S/C51H31N3/c1-2-11-32(12-3-1)33-13-10-14-37(25-33)53-47-19-8-6-17-41(47)43-27-34(21-23-49(43)53)35-22-24-50-44(28-35)42-18-7-9-20-48(42)54(50)38-26-36-30-52-31-46-40-16-5-4-15-39(40)45(29-38)51(36)46/h1-31H. The highest BCUT2D eigenvalue weighted by atomic mass is 15.0. The molecule has 0 aliphatic heterocycles. The van der Waals surface area contributed by atoms with Crippen LogP contribution in [0.1, 0.15) is 0 Å². The molecule has 8 aromatic carbocycles. The van der Waals surface area contributed by atoms with Crippen LogP contribution in [0.25, 0.3) is 110 Å². The third-order valence-electron chi connectivity index (χ3n) is 11.5. The fourth-order valence-electron chi connectivity index (χ4n) is 9.12. The van der Waals surface area contributed by atoms with Gasteiger partial charge in [0, 0.05) is 61.6 Å². The van der Waals surface area contributed by atoms with Gasteiger partial charge in [-0.25, -0.2) is 0 Å². The van der Waals surface area contributed by atoms with Crippen molar-refractivity contribution < 1.29 is 0 Å². The second-order valence-corrected chi connectivity index (χ2v) is 14.4. The minimum absolute atomic E-state index is 1.15. The largest absolute Gasteiger partial charge is 0.309 e. The molecule has 3 heteroatoms. The van der Waals surface area contributed by atoms with E-state index in [1.807, 2.05) is 12.4 Å². The normalized spacial score (nSPS) is 12.1. The second-order valence-electron chi connectivity index (χ2n) is 14.4. The maximum atomic E-state index is 4.67. The number of rotatable bonds is 4. The lowest BCUT2D eigenvalue weighted by atomic mass is 10.0. The van der Waals surface area contributed by atoms with E-state index in [2.05, 4.69) is 190 Å². The molecule has 3 aromatic heterocycles. The molecule has 0 spiro atoms. The van der Waals surface area contributed by atoms with E-state index < -0.39 is 0 Å². The van der Waals surface area contributed by atoms with Crippen molar-refractivity contribution in [2.45, 2.75) is 0 Å². The predicted octanol–water partition coefficient (Wildman–Crippen LogP) is 13.4. The van der Waals surface area contributed by atoms with E-state index in [1.54, 1.807) is 0 Å². The molecule has 1 aliphatic carbocycles. The Morgan fingerprint density at radius 2 is 0.870 bits per heavy atom. The zero-order chi connectivity index (χ0) is 35.3. The molecule has 250 valence electrons. The molecule has 12 rings (SSSR count). The van der Waals surface area contributed by atoms with Crippen molar-refractivity contribution in [2.24, 2.45) is 0 Å². The van der Waals surface area contributed by atoms with E-state index >= 15 is 0 Å². The van der Waals surface area contributed by atoms with Crippen molar-refractivity contribution in [3.8, 4) is 55.9 Å². The summed E-state index contributed by atoms with van der Waals surface area (Å²) in [5.41, 5.74) is 17.0. The van der Waals surface area contributed by atoms with Gasteiger partial charge in [0.25, 0.3) is 0 Å². The molecule has 0 radical (unpaired) electrons. The highest BCUT2D eigenvalue weighted by Crippen LogP contribution is 2.48. The van der Waals surface area contributed by atoms with Gasteiger partial charge in [0.15, 0.2) is 0 Å². The van der Waals surface area contributed by atoms with E-state index in [-0.39, 0.29) is 0 Å². The quantitative estimate of drug-likeness (QED) is 0.181. The summed E-state index contributed by atoms with van der Waals surface area (Å²) in [6, 6.07) is 64.4. The lowest BCUT2D eigenvalue weighted by Gasteiger charge is -2.12. The van der Waals surface area contributed by atoms with Gasteiger partial charge in [0.05, 0.1) is 22.1 Å². The minimum atomic E-state index is 1.15. The van der Waals surface area contributed by atoms with E-state index in [9.17, 15) is 0 Å². The Kier molecular flexibility index (Phi) is 6.05. The Balaban J connectivity index is 1.03. The van der Waals surface area contributed by atoms with Crippen LogP contribution in [0.5, 0.6) is 0 Å². The maximum absolute atomic E-state index is 4.67. The van der Waals surface area contributed by atoms with Crippen LogP contribution in [0.15, 0.2) is 188 Å². The molecule has 0 saturated carbocycles. The van der Waals surface area contributed by atoms with E-state index in [0.717, 1.165) is 16.8 Å². The molecule has 3 heterocycles. The molecule has 0 fully saturated rings. The highest BCUT2D eigenvalue weighted by Gasteiger charge is 2.23. The number of pyridine rings is 1. The number of fused-ring (bicyclic) bond motifs is 9. The van der Waals surface area contributed by atoms with Gasteiger partial charge in [-0.3, -0.25) is 4.98 Å². The average Bonchev–Trinajstić information content (AvgIpc) is 3.87. The summed E-state index contributed by atoms with van der Waals surface area (Å²) in [5.74, 6) is 0. The van der Waals surface area contributed by atoms with Crippen LogP contribution in [0.2, 0.25) is 0 Å². The Morgan fingerprint density at radius 3 is 1.57 bits per heavy atom. The van der Waals surface area contributed by atoms with Crippen molar-refractivity contribution in [2.75, 3.05) is 0 Å². The third-order valence-corrected chi connectivity index (χ3v) is 11.5. The molecule has 3 nitrogen and oxygen atoms in total. The van der Waals surface area contributed by atoms with Crippen LogP contribution in [0, 0.1) is 0 Å². The van der Waals surface area contributed by atoms with E-state index in [0.29, 0.717) is 0 Å². The lowest BCUT2D eigenvalue weighted by Crippen LogP contribution is -1.95. The number of hydrogen-bond acceptors (Lipinski definition) is 1. The van der Waals surface area contributed by atoms with Gasteiger partial charge >= 0.3 is 0 Å². The first-order chi connectivity index (χ1) is 26.8. The third kappa shape index (κ3) is 4.15. The van der Waals surface area contributed by atoms with E-state index in [1.165, 1.54) is 93.5 Å². The molecule has 0 atom stereocenters. The zero-order valence-electron chi connectivity index (χ0n) is 29.2. The summed E-state index contributed by atoms with van der Waals surface area (Å²) in [6.45, 7) is 0. The molecule has 1 aliphatic rings. The summed E-state index contributed by atoms with van der Waals surface area (Å²) >= 11 is 0. The first kappa shape index (κ1) is 29.4. The molecular weight excluding hydrogens is 655 g/mol. The number of benzene rings is 8. The average molecular weight is 686 g/mol. The Labute approximate surface area is 311 Å². The van der Waals surface area contributed by atoms with Crippen LogP contribution in [-0.2, 0) is 0 Å². The van der Waals surface area contributed by atoms with Crippen LogP contribution in [-0.4, -0.2) is 14.1 Å². The van der Waals surface area contributed by atoms with Crippen LogP contribution < -0.4 is 0 Å². The first-order valence-corrected chi connectivity index (χ1v) is 18.5. The second kappa shape index (κ2) is 11.1. The van der Waals surface area contributed by atoms with Gasteiger partial charge in [-0.1, -0.05) is 115 Å². The summed E-state index contributed by atoms with van der Waals surface area (Å²) in [5, 5.41) is 7.44. The Bertz CT molecular complexity index is 3330. The lowest BCUT2D eigenvalue weighted by molar-refractivity contribution is 1.18. The summed E-state index contributed by atoms with van der Waals surface area (Å²) in [6.07, 6.45) is 4.02. The molecule has 0 N–H and O–H groups in total. The van der Waals surface area contributed by atoms with Crippen molar-refractivity contribution in [1.29, 1.82) is 0 Å². The molecule has 11 aromatic rings. The number of aromatic nitrogens is 3. The highest BCUT2D eigenvalue weighted by molar-refractivity contribution is 6.17. The zero-order valence-corrected chi connectivity index (χ0v) is 29.2. The monoisotopic (exact) mass is 685 g/mol. The molecule has 0 amide bonds. The minimum Gasteiger partial charge on any atom is -0.309 e. The predicted molar refractivity (Wildman–Crippen MR) is 226 cm³/mol. The summed E-state index contributed by atoms with van der Waals surface area (Å²) < 4.78 is 4.84.